The van der Waals surface area contributed by atoms with Gasteiger partial charge in [0.05, 0.1) is 11.2 Å². The number of carboxylic acids is 1. The number of hydrogen-bond acceptors (Lipinski definition) is 5. The lowest BCUT2D eigenvalue weighted by molar-refractivity contribution is 0.0690. The molecule has 1 aliphatic heterocycles. The third kappa shape index (κ3) is 2.54. The van der Waals surface area contributed by atoms with Gasteiger partial charge in [-0.3, -0.25) is 0 Å². The first-order valence-electron chi connectivity index (χ1n) is 7.16. The van der Waals surface area contributed by atoms with E-state index in [4.69, 9.17) is 0 Å². The van der Waals surface area contributed by atoms with Crippen molar-refractivity contribution in [2.24, 2.45) is 0 Å². The predicted molar refractivity (Wildman–Crippen MR) is 80.8 cm³/mol. The second kappa shape index (κ2) is 5.65. The Morgan fingerprint density at radius 2 is 1.90 bits per heavy atom. The molecule has 3 rings (SSSR count). The predicted octanol–water partition coefficient (Wildman–Crippen LogP) is 1.47. The van der Waals surface area contributed by atoms with Crippen molar-refractivity contribution in [2.75, 3.05) is 37.6 Å². The van der Waals surface area contributed by atoms with E-state index in [-0.39, 0.29) is 5.69 Å². The van der Waals surface area contributed by atoms with Crippen LogP contribution in [-0.2, 0) is 0 Å². The molecule has 1 saturated heterocycles. The summed E-state index contributed by atoms with van der Waals surface area (Å²) in [5, 5.41) is 18.2. The van der Waals surface area contributed by atoms with Crippen molar-refractivity contribution in [1.29, 1.82) is 0 Å². The van der Waals surface area contributed by atoms with Gasteiger partial charge in [0, 0.05) is 31.6 Å². The van der Waals surface area contributed by atoms with E-state index < -0.39 is 5.97 Å². The average molecular weight is 286 g/mol. The molecule has 2 aromatic rings. The monoisotopic (exact) mass is 286 g/mol. The Hall–Kier alpha value is -2.21. The maximum atomic E-state index is 11.5. The minimum absolute atomic E-state index is 0.0404. The summed E-state index contributed by atoms with van der Waals surface area (Å²) in [7, 11) is 0. The Bertz CT molecular complexity index is 666. The second-order valence-electron chi connectivity index (χ2n) is 5.14. The number of piperazine rings is 1. The summed E-state index contributed by atoms with van der Waals surface area (Å²) in [5.41, 5.74) is 1.47. The van der Waals surface area contributed by atoms with Crippen LogP contribution in [0.2, 0.25) is 0 Å². The van der Waals surface area contributed by atoms with Crippen LogP contribution in [0.4, 0.5) is 5.69 Å². The molecule has 0 spiro atoms. The summed E-state index contributed by atoms with van der Waals surface area (Å²) in [6.45, 7) is 6.66. The molecule has 0 bridgehead atoms. The highest BCUT2D eigenvalue weighted by atomic mass is 16.4. The van der Waals surface area contributed by atoms with Gasteiger partial charge in [-0.25, -0.2) is 4.79 Å². The molecule has 0 aliphatic carbocycles. The summed E-state index contributed by atoms with van der Waals surface area (Å²) < 4.78 is 0. The Morgan fingerprint density at radius 3 is 2.57 bits per heavy atom. The first-order chi connectivity index (χ1) is 10.2. The zero-order valence-electron chi connectivity index (χ0n) is 12.0. The molecule has 110 valence electrons. The minimum atomic E-state index is -1.03. The quantitative estimate of drug-likeness (QED) is 0.921. The molecule has 1 N–H and O–H groups in total. The van der Waals surface area contributed by atoms with Crippen LogP contribution in [0, 0.1) is 0 Å². The van der Waals surface area contributed by atoms with Crippen LogP contribution < -0.4 is 4.90 Å². The number of rotatable bonds is 3. The molecule has 2 heterocycles. The van der Waals surface area contributed by atoms with Crippen molar-refractivity contribution in [2.45, 2.75) is 6.92 Å². The molecule has 0 saturated carbocycles. The maximum Gasteiger partial charge on any atom is 0.358 e. The molecule has 6 nitrogen and oxygen atoms in total. The Kier molecular flexibility index (Phi) is 3.70. The van der Waals surface area contributed by atoms with Crippen LogP contribution in [0.3, 0.4) is 0 Å². The third-order valence-corrected chi connectivity index (χ3v) is 3.98. The molecule has 1 fully saturated rings. The third-order valence-electron chi connectivity index (χ3n) is 3.98. The highest BCUT2D eigenvalue weighted by molar-refractivity contribution is 6.02. The molecule has 1 aliphatic rings. The van der Waals surface area contributed by atoms with Crippen LogP contribution >= 0.6 is 0 Å². The van der Waals surface area contributed by atoms with Crippen LogP contribution in [0.15, 0.2) is 24.3 Å². The van der Waals surface area contributed by atoms with E-state index in [1.165, 1.54) is 0 Å². The van der Waals surface area contributed by atoms with Crippen molar-refractivity contribution >= 4 is 22.6 Å². The average Bonchev–Trinajstić information content (AvgIpc) is 2.53. The lowest BCUT2D eigenvalue weighted by Gasteiger charge is -2.36. The summed E-state index contributed by atoms with van der Waals surface area (Å²) in [4.78, 5) is 16.0. The Balaban J connectivity index is 2.07. The van der Waals surface area contributed by atoms with E-state index in [2.05, 4.69) is 26.9 Å². The molecule has 6 heteroatoms. The van der Waals surface area contributed by atoms with E-state index >= 15 is 0 Å². The van der Waals surface area contributed by atoms with Crippen LogP contribution in [-0.4, -0.2) is 58.9 Å². The first-order valence-corrected chi connectivity index (χ1v) is 7.16. The largest absolute Gasteiger partial charge is 0.476 e. The fourth-order valence-corrected chi connectivity index (χ4v) is 2.79. The van der Waals surface area contributed by atoms with Gasteiger partial charge >= 0.3 is 5.97 Å². The number of benzene rings is 1. The van der Waals surface area contributed by atoms with Crippen LogP contribution in [0.5, 0.6) is 0 Å². The zero-order chi connectivity index (χ0) is 14.8. The minimum Gasteiger partial charge on any atom is -0.476 e. The lowest BCUT2D eigenvalue weighted by atomic mass is 10.1. The fraction of sp³-hybridized carbons (Fsp3) is 0.400. The first kappa shape index (κ1) is 13.8. The van der Waals surface area contributed by atoms with Crippen molar-refractivity contribution in [3.8, 4) is 0 Å². The van der Waals surface area contributed by atoms with Gasteiger partial charge in [0.1, 0.15) is 0 Å². The number of aromatic carboxylic acids is 1. The maximum absolute atomic E-state index is 11.5. The lowest BCUT2D eigenvalue weighted by Crippen LogP contribution is -2.46. The van der Waals surface area contributed by atoms with Crippen LogP contribution in [0.25, 0.3) is 10.9 Å². The van der Waals surface area contributed by atoms with E-state index in [9.17, 15) is 9.90 Å². The smallest absolute Gasteiger partial charge is 0.358 e. The molecule has 0 amide bonds. The van der Waals surface area contributed by atoms with Crippen molar-refractivity contribution in [3.63, 3.8) is 0 Å². The molecular formula is C15H18N4O2. The number of anilines is 1. The molecule has 0 atom stereocenters. The van der Waals surface area contributed by atoms with Crippen molar-refractivity contribution in [3.05, 3.63) is 30.0 Å². The molecular weight excluding hydrogens is 268 g/mol. The number of nitrogens with zero attached hydrogens (tertiary/aromatic N) is 4. The SMILES string of the molecule is CCN1CCN(c2c(C(=O)O)nnc3ccccc23)CC1. The van der Waals surface area contributed by atoms with Gasteiger partial charge in [-0.2, -0.15) is 0 Å². The van der Waals surface area contributed by atoms with E-state index in [0.717, 1.165) is 43.6 Å². The van der Waals surface area contributed by atoms with Gasteiger partial charge in [0.15, 0.2) is 5.69 Å². The van der Waals surface area contributed by atoms with Crippen molar-refractivity contribution < 1.29 is 9.90 Å². The van der Waals surface area contributed by atoms with Gasteiger partial charge in [-0.05, 0) is 12.6 Å². The normalized spacial score (nSPS) is 16.3. The number of carbonyl (C=O) groups is 1. The highest BCUT2D eigenvalue weighted by Gasteiger charge is 2.24. The second-order valence-corrected chi connectivity index (χ2v) is 5.14. The van der Waals surface area contributed by atoms with Crippen LogP contribution in [0.1, 0.15) is 17.4 Å². The number of carboxylic acid groups (broad SMARTS) is 1. The van der Waals surface area contributed by atoms with Crippen molar-refractivity contribution in [1.82, 2.24) is 15.1 Å². The molecule has 0 unspecified atom stereocenters. The summed E-state index contributed by atoms with van der Waals surface area (Å²) in [6, 6.07) is 7.56. The standard InChI is InChI=1S/C15H18N4O2/c1-2-18-7-9-19(10-8-18)14-11-5-3-4-6-12(11)16-17-13(14)15(20)21/h3-6H,2,7-10H2,1H3,(H,20,21). The summed E-state index contributed by atoms with van der Waals surface area (Å²) in [6.07, 6.45) is 0. The number of aromatic nitrogens is 2. The number of fused-ring (bicyclic) bond motifs is 1. The van der Waals surface area contributed by atoms with E-state index in [0.29, 0.717) is 5.69 Å². The Morgan fingerprint density at radius 1 is 1.19 bits per heavy atom. The number of hydrogen-bond donors (Lipinski definition) is 1. The summed E-state index contributed by atoms with van der Waals surface area (Å²) in [5.74, 6) is -1.03. The van der Waals surface area contributed by atoms with E-state index in [1.54, 1.807) is 0 Å². The number of likely N-dealkylation sites (N-methyl/N-ethyl adjacent to an activating group) is 1. The fourth-order valence-electron chi connectivity index (χ4n) is 2.79. The molecule has 21 heavy (non-hydrogen) atoms. The topological polar surface area (TPSA) is 69.6 Å². The highest BCUT2D eigenvalue weighted by Crippen LogP contribution is 2.29. The zero-order valence-corrected chi connectivity index (χ0v) is 12.0. The Labute approximate surface area is 123 Å². The molecule has 0 radical (unpaired) electrons. The van der Waals surface area contributed by atoms with E-state index in [1.807, 2.05) is 24.3 Å². The summed E-state index contributed by atoms with van der Waals surface area (Å²) >= 11 is 0. The van der Waals surface area contributed by atoms with Gasteiger partial charge in [-0.15, -0.1) is 10.2 Å². The molecule has 1 aromatic heterocycles. The molecule has 1 aromatic carbocycles. The van der Waals surface area contributed by atoms with Gasteiger partial charge in [0.25, 0.3) is 0 Å². The van der Waals surface area contributed by atoms with Gasteiger partial charge in [-0.1, -0.05) is 25.1 Å². The van der Waals surface area contributed by atoms with Gasteiger partial charge < -0.3 is 14.9 Å². The van der Waals surface area contributed by atoms with Gasteiger partial charge in [0.2, 0.25) is 0 Å².